The van der Waals surface area contributed by atoms with Gasteiger partial charge in [0.15, 0.2) is 0 Å². The SMILES string of the molecule is CCc1c(C)nn(C2CC(CC)CCC2C(=O)O)c1C. The maximum Gasteiger partial charge on any atom is 0.308 e. The smallest absolute Gasteiger partial charge is 0.308 e. The minimum Gasteiger partial charge on any atom is -0.481 e. The van der Waals surface area contributed by atoms with Crippen LogP contribution in [0.2, 0.25) is 0 Å². The van der Waals surface area contributed by atoms with Gasteiger partial charge in [-0.25, -0.2) is 0 Å². The highest BCUT2D eigenvalue weighted by Gasteiger charge is 2.37. The maximum absolute atomic E-state index is 11.6. The molecule has 0 aliphatic heterocycles. The summed E-state index contributed by atoms with van der Waals surface area (Å²) >= 11 is 0. The molecule has 1 N–H and O–H groups in total. The van der Waals surface area contributed by atoms with Crippen molar-refractivity contribution in [2.45, 2.75) is 65.8 Å². The zero-order valence-electron chi connectivity index (χ0n) is 13.0. The van der Waals surface area contributed by atoms with Crippen molar-refractivity contribution in [3.8, 4) is 0 Å². The summed E-state index contributed by atoms with van der Waals surface area (Å²) in [6.07, 6.45) is 4.84. The van der Waals surface area contributed by atoms with E-state index < -0.39 is 5.97 Å². The third-order valence-electron chi connectivity index (χ3n) is 4.96. The normalized spacial score (nSPS) is 26.7. The van der Waals surface area contributed by atoms with Crippen molar-refractivity contribution in [1.29, 1.82) is 0 Å². The number of nitrogens with zero attached hydrogens (tertiary/aromatic N) is 2. The van der Waals surface area contributed by atoms with Crippen molar-refractivity contribution >= 4 is 5.97 Å². The molecule has 3 unspecified atom stereocenters. The number of rotatable bonds is 4. The van der Waals surface area contributed by atoms with Crippen LogP contribution in [-0.2, 0) is 11.2 Å². The molecule has 1 aromatic heterocycles. The third-order valence-corrected chi connectivity index (χ3v) is 4.96. The van der Waals surface area contributed by atoms with Gasteiger partial charge in [-0.1, -0.05) is 20.3 Å². The van der Waals surface area contributed by atoms with Crippen LogP contribution in [0.5, 0.6) is 0 Å². The summed E-state index contributed by atoms with van der Waals surface area (Å²) in [5.41, 5.74) is 3.47. The molecule has 0 spiro atoms. The lowest BCUT2D eigenvalue weighted by molar-refractivity contribution is -0.145. The second-order valence-corrected chi connectivity index (χ2v) is 6.05. The van der Waals surface area contributed by atoms with E-state index in [1.807, 2.05) is 11.6 Å². The van der Waals surface area contributed by atoms with Crippen molar-refractivity contribution in [2.75, 3.05) is 0 Å². The summed E-state index contributed by atoms with van der Waals surface area (Å²) < 4.78 is 2.01. The van der Waals surface area contributed by atoms with Gasteiger partial charge in [0.2, 0.25) is 0 Å². The van der Waals surface area contributed by atoms with Gasteiger partial charge >= 0.3 is 5.97 Å². The van der Waals surface area contributed by atoms with Gasteiger partial charge in [-0.2, -0.15) is 5.10 Å². The van der Waals surface area contributed by atoms with E-state index in [-0.39, 0.29) is 12.0 Å². The Labute approximate surface area is 121 Å². The molecule has 0 aromatic carbocycles. The van der Waals surface area contributed by atoms with E-state index in [4.69, 9.17) is 0 Å². The van der Waals surface area contributed by atoms with E-state index in [2.05, 4.69) is 25.9 Å². The molecule has 0 amide bonds. The fourth-order valence-electron chi connectivity index (χ4n) is 3.69. The van der Waals surface area contributed by atoms with Gasteiger partial charge in [0.25, 0.3) is 0 Å². The number of hydrogen-bond acceptors (Lipinski definition) is 2. The molecule has 1 aliphatic carbocycles. The molecular weight excluding hydrogens is 252 g/mol. The van der Waals surface area contributed by atoms with Crippen molar-refractivity contribution in [2.24, 2.45) is 11.8 Å². The van der Waals surface area contributed by atoms with Gasteiger partial charge < -0.3 is 5.11 Å². The molecule has 1 fully saturated rings. The summed E-state index contributed by atoms with van der Waals surface area (Å²) in [6, 6.07) is 0.0187. The van der Waals surface area contributed by atoms with Crippen LogP contribution in [0.3, 0.4) is 0 Å². The Balaban J connectivity index is 2.37. The van der Waals surface area contributed by atoms with Crippen molar-refractivity contribution in [1.82, 2.24) is 9.78 Å². The number of carboxylic acids is 1. The minimum absolute atomic E-state index is 0.0187. The zero-order valence-corrected chi connectivity index (χ0v) is 13.0. The van der Waals surface area contributed by atoms with Gasteiger partial charge in [0, 0.05) is 5.69 Å². The van der Waals surface area contributed by atoms with Crippen molar-refractivity contribution in [3.05, 3.63) is 17.0 Å². The highest BCUT2D eigenvalue weighted by molar-refractivity contribution is 5.70. The minimum atomic E-state index is -0.671. The lowest BCUT2D eigenvalue weighted by Gasteiger charge is -2.34. The van der Waals surface area contributed by atoms with E-state index in [0.717, 1.165) is 43.5 Å². The van der Waals surface area contributed by atoms with Crippen molar-refractivity contribution in [3.63, 3.8) is 0 Å². The molecule has 1 aliphatic rings. The molecule has 3 atom stereocenters. The molecule has 0 saturated heterocycles. The number of aliphatic carboxylic acids is 1. The summed E-state index contributed by atoms with van der Waals surface area (Å²) in [6.45, 7) is 8.43. The van der Waals surface area contributed by atoms with Crippen LogP contribution in [0.25, 0.3) is 0 Å². The van der Waals surface area contributed by atoms with E-state index in [1.54, 1.807) is 0 Å². The van der Waals surface area contributed by atoms with Gasteiger partial charge in [-0.05, 0) is 51.0 Å². The molecule has 1 saturated carbocycles. The van der Waals surface area contributed by atoms with E-state index in [0.29, 0.717) is 5.92 Å². The molecule has 0 bridgehead atoms. The predicted molar refractivity (Wildman–Crippen MR) is 78.9 cm³/mol. The molecule has 0 radical (unpaired) electrons. The highest BCUT2D eigenvalue weighted by Crippen LogP contribution is 2.39. The van der Waals surface area contributed by atoms with Crippen LogP contribution in [0.1, 0.15) is 62.5 Å². The van der Waals surface area contributed by atoms with E-state index in [9.17, 15) is 9.90 Å². The van der Waals surface area contributed by atoms with Crippen LogP contribution in [0.4, 0.5) is 0 Å². The first-order valence-electron chi connectivity index (χ1n) is 7.76. The van der Waals surface area contributed by atoms with Gasteiger partial charge in [-0.3, -0.25) is 9.48 Å². The van der Waals surface area contributed by atoms with Crippen LogP contribution in [0.15, 0.2) is 0 Å². The monoisotopic (exact) mass is 278 g/mol. The highest BCUT2D eigenvalue weighted by atomic mass is 16.4. The summed E-state index contributed by atoms with van der Waals surface area (Å²) in [5.74, 6) is -0.333. The van der Waals surface area contributed by atoms with E-state index >= 15 is 0 Å². The molecular formula is C16H26N2O2. The van der Waals surface area contributed by atoms with E-state index in [1.165, 1.54) is 5.56 Å². The van der Waals surface area contributed by atoms with Crippen LogP contribution >= 0.6 is 0 Å². The lowest BCUT2D eigenvalue weighted by Crippen LogP contribution is -2.33. The first-order chi connectivity index (χ1) is 9.49. The number of hydrogen-bond donors (Lipinski definition) is 1. The first kappa shape index (κ1) is 15.1. The second-order valence-electron chi connectivity index (χ2n) is 6.05. The molecule has 4 heteroatoms. The lowest BCUT2D eigenvalue weighted by atomic mass is 9.77. The Bertz CT molecular complexity index is 493. The summed E-state index contributed by atoms with van der Waals surface area (Å²) in [4.78, 5) is 11.6. The largest absolute Gasteiger partial charge is 0.481 e. The number of carbonyl (C=O) groups is 1. The van der Waals surface area contributed by atoms with Gasteiger partial charge in [0.1, 0.15) is 0 Å². The Kier molecular flexibility index (Phi) is 4.51. The molecule has 112 valence electrons. The number of carboxylic acid groups (broad SMARTS) is 1. The second kappa shape index (κ2) is 5.98. The van der Waals surface area contributed by atoms with Crippen LogP contribution in [-0.4, -0.2) is 20.9 Å². The summed E-state index contributed by atoms with van der Waals surface area (Å²) in [5, 5.41) is 14.2. The Morgan fingerprint density at radius 2 is 2.05 bits per heavy atom. The number of aryl methyl sites for hydroxylation is 1. The quantitative estimate of drug-likeness (QED) is 0.917. The fraction of sp³-hybridized carbons (Fsp3) is 0.750. The van der Waals surface area contributed by atoms with Gasteiger partial charge in [-0.15, -0.1) is 0 Å². The third kappa shape index (κ3) is 2.60. The Morgan fingerprint density at radius 3 is 2.55 bits per heavy atom. The summed E-state index contributed by atoms with van der Waals surface area (Å²) in [7, 11) is 0. The number of aromatic nitrogens is 2. The first-order valence-corrected chi connectivity index (χ1v) is 7.76. The predicted octanol–water partition coefficient (Wildman–Crippen LogP) is 3.51. The molecule has 2 rings (SSSR count). The molecule has 20 heavy (non-hydrogen) atoms. The van der Waals surface area contributed by atoms with Gasteiger partial charge in [0.05, 0.1) is 17.7 Å². The average Bonchev–Trinajstić information content (AvgIpc) is 2.72. The molecule has 4 nitrogen and oxygen atoms in total. The zero-order chi connectivity index (χ0) is 14.9. The topological polar surface area (TPSA) is 55.1 Å². The molecule has 1 heterocycles. The Hall–Kier alpha value is -1.32. The molecule has 1 aromatic rings. The van der Waals surface area contributed by atoms with Crippen LogP contribution < -0.4 is 0 Å². The van der Waals surface area contributed by atoms with Crippen LogP contribution in [0, 0.1) is 25.7 Å². The maximum atomic E-state index is 11.6. The van der Waals surface area contributed by atoms with Crippen molar-refractivity contribution < 1.29 is 9.90 Å². The average molecular weight is 278 g/mol. The fourth-order valence-corrected chi connectivity index (χ4v) is 3.69. The Morgan fingerprint density at radius 1 is 1.35 bits per heavy atom. The standard InChI is InChI=1S/C16H26N2O2/c1-5-12-7-8-14(16(19)20)15(9-12)18-11(4)13(6-2)10(3)17-18/h12,14-15H,5-9H2,1-4H3,(H,19,20).